The lowest BCUT2D eigenvalue weighted by atomic mass is 9.90. The van der Waals surface area contributed by atoms with Crippen LogP contribution in [-0.4, -0.2) is 64.6 Å². The fourth-order valence-corrected chi connectivity index (χ4v) is 5.01. The molecule has 2 atom stereocenters. The second kappa shape index (κ2) is 10.3. The van der Waals surface area contributed by atoms with E-state index in [0.29, 0.717) is 11.6 Å². The van der Waals surface area contributed by atoms with Gasteiger partial charge in [-0.15, -0.1) is 0 Å². The maximum atomic E-state index is 10.6. The largest absolute Gasteiger partial charge is 0.490 e. The molecule has 4 N–H and O–H groups in total. The van der Waals surface area contributed by atoms with E-state index in [1.54, 1.807) is 0 Å². The molecular weight excluding hydrogens is 411 g/mol. The normalized spacial score (nSPS) is 25.5. The number of likely N-dealkylation sites (tertiary alicyclic amines) is 1. The summed E-state index contributed by atoms with van der Waals surface area (Å²) in [6.45, 7) is 4.91. The third-order valence-electron chi connectivity index (χ3n) is 6.61. The first-order chi connectivity index (χ1) is 14.7. The van der Waals surface area contributed by atoms with E-state index in [0.717, 1.165) is 39.1 Å². The predicted molar refractivity (Wildman–Crippen MR) is 110 cm³/mol. The number of carbonyl (C=O) groups is 1. The van der Waals surface area contributed by atoms with Crippen LogP contribution in [0, 0.1) is 0 Å². The molecule has 3 fully saturated rings. The van der Waals surface area contributed by atoms with Crippen molar-refractivity contribution in [2.45, 2.75) is 75.5 Å². The summed E-state index contributed by atoms with van der Waals surface area (Å²) in [5.74, 6) is -2.76. The molecule has 3 aliphatic rings. The van der Waals surface area contributed by atoms with Crippen LogP contribution in [0.3, 0.4) is 0 Å². The number of nitrogens with zero attached hydrogens (tertiary/aromatic N) is 1. The van der Waals surface area contributed by atoms with Crippen molar-refractivity contribution in [3.05, 3.63) is 35.4 Å². The van der Waals surface area contributed by atoms with Crippen LogP contribution < -0.4 is 10.6 Å². The van der Waals surface area contributed by atoms with E-state index in [9.17, 15) is 18.3 Å². The standard InChI is InChI=1S/C20H31N3O.C2HF3O2/c24-18-8-12-23(15-18)14-17-6-2-1-5-16(17)13-21-19-7-11-22-20(19)9-3-4-10-20;3-2(4,5)1(6)7/h1-2,5-6,18-19,21-22,24H,3-4,7-15H2;(H,6,7). The smallest absolute Gasteiger partial charge is 0.475 e. The van der Waals surface area contributed by atoms with Gasteiger partial charge in [-0.25, -0.2) is 4.79 Å². The van der Waals surface area contributed by atoms with E-state index in [1.165, 1.54) is 43.2 Å². The molecule has 1 saturated carbocycles. The summed E-state index contributed by atoms with van der Waals surface area (Å²) in [7, 11) is 0. The fourth-order valence-electron chi connectivity index (χ4n) is 5.01. The Morgan fingerprint density at radius 3 is 2.42 bits per heavy atom. The molecule has 1 aromatic rings. The molecule has 0 radical (unpaired) electrons. The first kappa shape index (κ1) is 24.0. The molecule has 0 aromatic heterocycles. The molecule has 2 heterocycles. The fraction of sp³-hybridized carbons (Fsp3) is 0.682. The monoisotopic (exact) mass is 443 g/mol. The van der Waals surface area contributed by atoms with E-state index in [-0.39, 0.29) is 6.10 Å². The van der Waals surface area contributed by atoms with E-state index in [1.807, 2.05) is 0 Å². The average molecular weight is 444 g/mol. The molecule has 6 nitrogen and oxygen atoms in total. The molecule has 2 aliphatic heterocycles. The zero-order valence-electron chi connectivity index (χ0n) is 17.6. The van der Waals surface area contributed by atoms with Gasteiger partial charge >= 0.3 is 12.1 Å². The van der Waals surface area contributed by atoms with Gasteiger partial charge < -0.3 is 20.8 Å². The lowest BCUT2D eigenvalue weighted by Crippen LogP contribution is -2.51. The van der Waals surface area contributed by atoms with Crippen LogP contribution >= 0.6 is 0 Å². The highest BCUT2D eigenvalue weighted by atomic mass is 19.4. The van der Waals surface area contributed by atoms with Crippen LogP contribution in [0.15, 0.2) is 24.3 Å². The Morgan fingerprint density at radius 1 is 1.19 bits per heavy atom. The van der Waals surface area contributed by atoms with Crippen LogP contribution in [0.4, 0.5) is 13.2 Å². The first-order valence-corrected chi connectivity index (χ1v) is 11.0. The van der Waals surface area contributed by atoms with Crippen molar-refractivity contribution in [3.8, 4) is 0 Å². The van der Waals surface area contributed by atoms with E-state index in [2.05, 4.69) is 39.8 Å². The van der Waals surface area contributed by atoms with Crippen LogP contribution in [0.25, 0.3) is 0 Å². The summed E-state index contributed by atoms with van der Waals surface area (Å²) in [5, 5.41) is 24.5. The van der Waals surface area contributed by atoms with Crippen molar-refractivity contribution < 1.29 is 28.2 Å². The van der Waals surface area contributed by atoms with Crippen molar-refractivity contribution in [1.82, 2.24) is 15.5 Å². The van der Waals surface area contributed by atoms with Gasteiger partial charge in [-0.2, -0.15) is 13.2 Å². The minimum Gasteiger partial charge on any atom is -0.475 e. The van der Waals surface area contributed by atoms with Gasteiger partial charge in [-0.1, -0.05) is 37.1 Å². The van der Waals surface area contributed by atoms with Crippen LogP contribution in [0.1, 0.15) is 49.7 Å². The van der Waals surface area contributed by atoms with Gasteiger partial charge in [-0.3, -0.25) is 4.90 Å². The lowest BCUT2D eigenvalue weighted by Gasteiger charge is -2.32. The Morgan fingerprint density at radius 2 is 1.84 bits per heavy atom. The minimum atomic E-state index is -5.08. The Bertz CT molecular complexity index is 733. The summed E-state index contributed by atoms with van der Waals surface area (Å²) in [6, 6.07) is 9.42. The van der Waals surface area contributed by atoms with Gasteiger partial charge in [0.15, 0.2) is 0 Å². The summed E-state index contributed by atoms with van der Waals surface area (Å²) in [6.07, 6.45) is 2.35. The number of carboxylic acid groups (broad SMARTS) is 1. The SMILES string of the molecule is O=C(O)C(F)(F)F.OC1CCN(Cc2ccccc2CNC2CCNC23CCCC3)C1. The average Bonchev–Trinajstić information content (AvgIpc) is 3.44. The minimum absolute atomic E-state index is 0.137. The Kier molecular flexibility index (Phi) is 7.96. The van der Waals surface area contributed by atoms with Crippen molar-refractivity contribution in [2.75, 3.05) is 19.6 Å². The molecule has 1 spiro atoms. The zero-order chi connectivity index (χ0) is 22.5. The number of benzene rings is 1. The summed E-state index contributed by atoms with van der Waals surface area (Å²) in [5.41, 5.74) is 3.19. The number of aliphatic hydroxyl groups excluding tert-OH is 1. The number of aliphatic carboxylic acids is 1. The summed E-state index contributed by atoms with van der Waals surface area (Å²) < 4.78 is 31.7. The number of hydrogen-bond donors (Lipinski definition) is 4. The quantitative estimate of drug-likeness (QED) is 0.560. The molecule has 1 aromatic carbocycles. The number of rotatable bonds is 5. The van der Waals surface area contributed by atoms with Gasteiger partial charge in [0, 0.05) is 37.8 Å². The molecule has 1 aliphatic carbocycles. The first-order valence-electron chi connectivity index (χ1n) is 11.0. The Labute approximate surface area is 180 Å². The molecule has 9 heteroatoms. The Hall–Kier alpha value is -1.68. The molecule has 174 valence electrons. The zero-order valence-corrected chi connectivity index (χ0v) is 17.6. The molecule has 2 unspecified atom stereocenters. The third-order valence-corrected chi connectivity index (χ3v) is 6.61. The number of halogens is 3. The van der Waals surface area contributed by atoms with Crippen molar-refractivity contribution in [3.63, 3.8) is 0 Å². The number of β-amino-alcohol motifs (C(OH)–C–C–N with tert-alkyl or cyclic N) is 1. The van der Waals surface area contributed by atoms with E-state index >= 15 is 0 Å². The second-order valence-corrected chi connectivity index (χ2v) is 8.76. The molecule has 2 saturated heterocycles. The van der Waals surface area contributed by atoms with Crippen LogP contribution in [-0.2, 0) is 17.9 Å². The highest BCUT2D eigenvalue weighted by Gasteiger charge is 2.44. The van der Waals surface area contributed by atoms with Crippen molar-refractivity contribution in [1.29, 1.82) is 0 Å². The number of carboxylic acids is 1. The van der Waals surface area contributed by atoms with Crippen molar-refractivity contribution in [2.24, 2.45) is 0 Å². The summed E-state index contributed by atoms with van der Waals surface area (Å²) in [4.78, 5) is 11.3. The molecule has 0 amide bonds. The highest BCUT2D eigenvalue weighted by Crippen LogP contribution is 2.37. The summed E-state index contributed by atoms with van der Waals surface area (Å²) >= 11 is 0. The number of nitrogens with one attached hydrogen (secondary N) is 2. The van der Waals surface area contributed by atoms with Crippen molar-refractivity contribution >= 4 is 5.97 Å². The maximum absolute atomic E-state index is 10.6. The van der Waals surface area contributed by atoms with Gasteiger partial charge in [0.25, 0.3) is 0 Å². The van der Waals surface area contributed by atoms with Crippen LogP contribution in [0.2, 0.25) is 0 Å². The lowest BCUT2D eigenvalue weighted by molar-refractivity contribution is -0.192. The Balaban J connectivity index is 0.000000339. The van der Waals surface area contributed by atoms with E-state index < -0.39 is 12.1 Å². The highest BCUT2D eigenvalue weighted by molar-refractivity contribution is 5.73. The number of alkyl halides is 3. The predicted octanol–water partition coefficient (Wildman–Crippen LogP) is 2.65. The number of aliphatic hydroxyl groups is 1. The third kappa shape index (κ3) is 6.41. The van der Waals surface area contributed by atoms with Gasteiger partial charge in [0.1, 0.15) is 0 Å². The topological polar surface area (TPSA) is 84.8 Å². The van der Waals surface area contributed by atoms with Gasteiger partial charge in [0.05, 0.1) is 6.10 Å². The van der Waals surface area contributed by atoms with Gasteiger partial charge in [0.2, 0.25) is 0 Å². The molecule has 0 bridgehead atoms. The molecule has 31 heavy (non-hydrogen) atoms. The molecule has 4 rings (SSSR count). The second-order valence-electron chi connectivity index (χ2n) is 8.76. The molecular formula is C22H32F3N3O3. The maximum Gasteiger partial charge on any atom is 0.490 e. The van der Waals surface area contributed by atoms with E-state index in [4.69, 9.17) is 9.90 Å². The van der Waals surface area contributed by atoms with Gasteiger partial charge in [-0.05, 0) is 43.4 Å². The van der Waals surface area contributed by atoms with Crippen LogP contribution in [0.5, 0.6) is 0 Å². The number of hydrogen-bond acceptors (Lipinski definition) is 5.